The van der Waals surface area contributed by atoms with E-state index in [2.05, 4.69) is 31.3 Å². The second-order valence-electron chi connectivity index (χ2n) is 5.26. The van der Waals surface area contributed by atoms with Crippen LogP contribution in [-0.2, 0) is 13.0 Å². The number of carbonyl (C=O) groups excluding carboxylic acids is 1. The van der Waals surface area contributed by atoms with Crippen LogP contribution in [-0.4, -0.2) is 29.9 Å². The van der Waals surface area contributed by atoms with Gasteiger partial charge in [-0.2, -0.15) is 0 Å². The van der Waals surface area contributed by atoms with Crippen molar-refractivity contribution in [1.82, 2.24) is 10.2 Å². The first kappa shape index (κ1) is 14.1. The van der Waals surface area contributed by atoms with Crippen molar-refractivity contribution in [3.63, 3.8) is 0 Å². The van der Waals surface area contributed by atoms with E-state index in [-0.39, 0.29) is 5.91 Å². The van der Waals surface area contributed by atoms with Crippen LogP contribution in [0, 0.1) is 0 Å². The zero-order chi connectivity index (χ0) is 13.8. The molecule has 3 heteroatoms. The SMILES string of the molecule is CCC(C)N(CC)C(=O)c1ccc2c(c1)CNCC2. The molecule has 3 nitrogen and oxygen atoms in total. The smallest absolute Gasteiger partial charge is 0.254 e. The fourth-order valence-corrected chi connectivity index (χ4v) is 2.66. The summed E-state index contributed by atoms with van der Waals surface area (Å²) in [6, 6.07) is 6.46. The summed E-state index contributed by atoms with van der Waals surface area (Å²) in [6.45, 7) is 8.96. The Balaban J connectivity index is 2.23. The highest BCUT2D eigenvalue weighted by Gasteiger charge is 2.20. The molecule has 2 rings (SSSR count). The monoisotopic (exact) mass is 260 g/mol. The molecule has 1 amide bonds. The molecule has 0 spiro atoms. The van der Waals surface area contributed by atoms with Crippen LogP contribution in [0.5, 0.6) is 0 Å². The summed E-state index contributed by atoms with van der Waals surface area (Å²) in [7, 11) is 0. The van der Waals surface area contributed by atoms with Gasteiger partial charge in [-0.3, -0.25) is 4.79 Å². The third-order valence-corrected chi connectivity index (χ3v) is 4.06. The van der Waals surface area contributed by atoms with Crippen LogP contribution in [0.15, 0.2) is 18.2 Å². The molecule has 1 unspecified atom stereocenters. The fourth-order valence-electron chi connectivity index (χ4n) is 2.66. The van der Waals surface area contributed by atoms with Crippen molar-refractivity contribution >= 4 is 5.91 Å². The molecule has 19 heavy (non-hydrogen) atoms. The topological polar surface area (TPSA) is 32.3 Å². The first-order valence-electron chi connectivity index (χ1n) is 7.30. The third-order valence-electron chi connectivity index (χ3n) is 4.06. The number of hydrogen-bond acceptors (Lipinski definition) is 2. The molecule has 1 aliphatic heterocycles. The standard InChI is InChI=1S/C16H24N2O/c1-4-12(3)18(5-2)16(19)14-7-6-13-8-9-17-11-15(13)10-14/h6-7,10,12,17H,4-5,8-9,11H2,1-3H3. The lowest BCUT2D eigenvalue weighted by Crippen LogP contribution is -2.38. The van der Waals surface area contributed by atoms with Gasteiger partial charge in [-0.1, -0.05) is 13.0 Å². The Morgan fingerprint density at radius 1 is 1.37 bits per heavy atom. The maximum atomic E-state index is 12.6. The summed E-state index contributed by atoms with van der Waals surface area (Å²) in [4.78, 5) is 14.5. The van der Waals surface area contributed by atoms with Crippen LogP contribution >= 0.6 is 0 Å². The molecule has 0 aromatic heterocycles. The second-order valence-corrected chi connectivity index (χ2v) is 5.26. The molecular weight excluding hydrogens is 236 g/mol. The lowest BCUT2D eigenvalue weighted by molar-refractivity contribution is 0.0700. The van der Waals surface area contributed by atoms with Crippen molar-refractivity contribution < 1.29 is 4.79 Å². The molecule has 1 atom stereocenters. The van der Waals surface area contributed by atoms with Gasteiger partial charge in [-0.25, -0.2) is 0 Å². The highest BCUT2D eigenvalue weighted by molar-refractivity contribution is 5.94. The Hall–Kier alpha value is -1.35. The normalized spacial score (nSPS) is 15.7. The lowest BCUT2D eigenvalue weighted by atomic mass is 9.98. The van der Waals surface area contributed by atoms with Gasteiger partial charge < -0.3 is 10.2 Å². The molecule has 0 radical (unpaired) electrons. The average Bonchev–Trinajstić information content (AvgIpc) is 2.47. The Kier molecular flexibility index (Phi) is 4.59. The summed E-state index contributed by atoms with van der Waals surface area (Å²) in [5.41, 5.74) is 3.48. The summed E-state index contributed by atoms with van der Waals surface area (Å²) in [5, 5.41) is 3.36. The number of benzene rings is 1. The number of fused-ring (bicyclic) bond motifs is 1. The summed E-state index contributed by atoms with van der Waals surface area (Å²) < 4.78 is 0. The quantitative estimate of drug-likeness (QED) is 0.902. The molecule has 104 valence electrons. The molecule has 0 bridgehead atoms. The molecule has 1 aromatic carbocycles. The molecule has 1 aromatic rings. The Labute approximate surface area is 116 Å². The van der Waals surface area contributed by atoms with Crippen LogP contribution < -0.4 is 5.32 Å². The van der Waals surface area contributed by atoms with Gasteiger partial charge in [0, 0.05) is 24.7 Å². The second kappa shape index (κ2) is 6.20. The average molecular weight is 260 g/mol. The van der Waals surface area contributed by atoms with E-state index in [0.717, 1.165) is 38.0 Å². The van der Waals surface area contributed by atoms with E-state index in [0.29, 0.717) is 6.04 Å². The van der Waals surface area contributed by atoms with Crippen molar-refractivity contribution in [3.05, 3.63) is 34.9 Å². The molecule has 1 N–H and O–H groups in total. The van der Waals surface area contributed by atoms with Crippen molar-refractivity contribution in [2.45, 2.75) is 46.2 Å². The van der Waals surface area contributed by atoms with E-state index in [1.165, 1.54) is 11.1 Å². The highest BCUT2D eigenvalue weighted by atomic mass is 16.2. The number of carbonyl (C=O) groups is 1. The summed E-state index contributed by atoms with van der Waals surface area (Å²) in [6.07, 6.45) is 2.05. The molecule has 0 aliphatic carbocycles. The third kappa shape index (κ3) is 2.98. The van der Waals surface area contributed by atoms with E-state index in [4.69, 9.17) is 0 Å². The zero-order valence-electron chi connectivity index (χ0n) is 12.2. The van der Waals surface area contributed by atoms with Gasteiger partial charge in [-0.15, -0.1) is 0 Å². The van der Waals surface area contributed by atoms with Crippen LogP contribution in [0.3, 0.4) is 0 Å². The van der Waals surface area contributed by atoms with Crippen LogP contribution in [0.25, 0.3) is 0 Å². The highest BCUT2D eigenvalue weighted by Crippen LogP contribution is 2.18. The minimum atomic E-state index is 0.158. The van der Waals surface area contributed by atoms with Gasteiger partial charge in [0.05, 0.1) is 0 Å². The Morgan fingerprint density at radius 2 is 2.16 bits per heavy atom. The lowest BCUT2D eigenvalue weighted by Gasteiger charge is -2.28. The van der Waals surface area contributed by atoms with Crippen molar-refractivity contribution in [1.29, 1.82) is 0 Å². The summed E-state index contributed by atoms with van der Waals surface area (Å²) >= 11 is 0. The minimum Gasteiger partial charge on any atom is -0.336 e. The van der Waals surface area contributed by atoms with Crippen molar-refractivity contribution in [2.24, 2.45) is 0 Å². The van der Waals surface area contributed by atoms with E-state index in [1.807, 2.05) is 17.9 Å². The van der Waals surface area contributed by atoms with Crippen LogP contribution in [0.1, 0.15) is 48.7 Å². The van der Waals surface area contributed by atoms with Gasteiger partial charge >= 0.3 is 0 Å². The Bertz CT molecular complexity index is 456. The maximum absolute atomic E-state index is 12.6. The van der Waals surface area contributed by atoms with Crippen LogP contribution in [0.2, 0.25) is 0 Å². The molecular formula is C16H24N2O. The van der Waals surface area contributed by atoms with Crippen LogP contribution in [0.4, 0.5) is 0 Å². The number of nitrogens with one attached hydrogen (secondary N) is 1. The maximum Gasteiger partial charge on any atom is 0.254 e. The molecule has 0 saturated heterocycles. The number of nitrogens with zero attached hydrogens (tertiary/aromatic N) is 1. The predicted octanol–water partition coefficient (Wildman–Crippen LogP) is 2.59. The van der Waals surface area contributed by atoms with E-state index in [9.17, 15) is 4.79 Å². The largest absolute Gasteiger partial charge is 0.336 e. The van der Waals surface area contributed by atoms with Gasteiger partial charge in [0.2, 0.25) is 0 Å². The first-order valence-corrected chi connectivity index (χ1v) is 7.30. The van der Waals surface area contributed by atoms with E-state index in [1.54, 1.807) is 0 Å². The van der Waals surface area contributed by atoms with E-state index < -0.39 is 0 Å². The predicted molar refractivity (Wildman–Crippen MR) is 78.3 cm³/mol. The van der Waals surface area contributed by atoms with Gasteiger partial charge in [0.1, 0.15) is 0 Å². The number of hydrogen-bond donors (Lipinski definition) is 1. The van der Waals surface area contributed by atoms with E-state index >= 15 is 0 Å². The first-order chi connectivity index (χ1) is 9.17. The van der Waals surface area contributed by atoms with Gasteiger partial charge in [0.15, 0.2) is 0 Å². The zero-order valence-corrected chi connectivity index (χ0v) is 12.2. The van der Waals surface area contributed by atoms with Crippen molar-refractivity contribution in [2.75, 3.05) is 13.1 Å². The minimum absolute atomic E-state index is 0.158. The summed E-state index contributed by atoms with van der Waals surface area (Å²) in [5.74, 6) is 0.158. The number of rotatable bonds is 4. The molecule has 1 aliphatic rings. The van der Waals surface area contributed by atoms with Gasteiger partial charge in [-0.05, 0) is 56.5 Å². The molecule has 0 saturated carbocycles. The number of amides is 1. The fraction of sp³-hybridized carbons (Fsp3) is 0.562. The Morgan fingerprint density at radius 3 is 2.84 bits per heavy atom. The molecule has 1 heterocycles. The molecule has 0 fully saturated rings. The van der Waals surface area contributed by atoms with Crippen molar-refractivity contribution in [3.8, 4) is 0 Å². The van der Waals surface area contributed by atoms with Gasteiger partial charge in [0.25, 0.3) is 5.91 Å².